The van der Waals surface area contributed by atoms with Gasteiger partial charge >= 0.3 is 0 Å². The summed E-state index contributed by atoms with van der Waals surface area (Å²) in [5.74, 6) is 0.385. The molecule has 0 aromatic carbocycles. The van der Waals surface area contributed by atoms with Crippen molar-refractivity contribution >= 4 is 28.3 Å². The number of amides is 1. The average Bonchev–Trinajstić information content (AvgIpc) is 3.21. The molecule has 5 rings (SSSR count). The van der Waals surface area contributed by atoms with E-state index in [1.807, 2.05) is 22.9 Å². The van der Waals surface area contributed by atoms with E-state index in [0.717, 1.165) is 52.6 Å². The smallest absolute Gasteiger partial charge is 0.233 e. The van der Waals surface area contributed by atoms with Crippen LogP contribution in [-0.4, -0.2) is 38.5 Å². The van der Waals surface area contributed by atoms with E-state index in [9.17, 15) is 4.79 Å². The molecule has 0 unspecified atom stereocenters. The first-order valence-electron chi connectivity index (χ1n) is 10.7. The van der Waals surface area contributed by atoms with E-state index in [1.54, 1.807) is 12.4 Å². The Hall–Kier alpha value is -3.32. The molecule has 1 fully saturated rings. The highest BCUT2D eigenvalue weighted by Gasteiger charge is 2.26. The minimum atomic E-state index is -0.0936. The Labute approximate surface area is 180 Å². The highest BCUT2D eigenvalue weighted by molar-refractivity contribution is 5.96. The second kappa shape index (κ2) is 8.07. The molecule has 5 heterocycles. The molecule has 0 bridgehead atoms. The number of pyridine rings is 3. The molecule has 1 aliphatic heterocycles. The van der Waals surface area contributed by atoms with Crippen LogP contribution in [0.2, 0.25) is 0 Å². The quantitative estimate of drug-likeness (QED) is 0.511. The Morgan fingerprint density at radius 2 is 2.03 bits per heavy atom. The van der Waals surface area contributed by atoms with Gasteiger partial charge in [0.25, 0.3) is 0 Å². The summed E-state index contributed by atoms with van der Waals surface area (Å²) in [5.41, 5.74) is 6.20. The number of ether oxygens (including phenoxy) is 1. The first kappa shape index (κ1) is 19.6. The molecule has 4 aromatic rings. The highest BCUT2D eigenvalue weighted by Crippen LogP contribution is 2.31. The zero-order valence-electron chi connectivity index (χ0n) is 17.8. The van der Waals surface area contributed by atoms with Gasteiger partial charge in [-0.1, -0.05) is 13.3 Å². The predicted molar refractivity (Wildman–Crippen MR) is 120 cm³/mol. The molecule has 1 saturated heterocycles. The summed E-state index contributed by atoms with van der Waals surface area (Å²) >= 11 is 0. The van der Waals surface area contributed by atoms with Gasteiger partial charge in [-0.2, -0.15) is 0 Å². The number of hydrogen-bond donors (Lipinski definition) is 1. The van der Waals surface area contributed by atoms with Crippen molar-refractivity contribution in [2.24, 2.45) is 5.92 Å². The second-order valence-corrected chi connectivity index (χ2v) is 8.12. The molecule has 7 nitrogen and oxygen atoms in total. The summed E-state index contributed by atoms with van der Waals surface area (Å²) in [7, 11) is 0. The van der Waals surface area contributed by atoms with Crippen LogP contribution in [0, 0.1) is 12.8 Å². The van der Waals surface area contributed by atoms with Crippen LogP contribution in [0.3, 0.4) is 0 Å². The fraction of sp³-hybridized carbons (Fsp3) is 0.333. The Bertz CT molecular complexity index is 1280. The van der Waals surface area contributed by atoms with Gasteiger partial charge in [-0.3, -0.25) is 14.2 Å². The molecule has 0 saturated carbocycles. The molecule has 1 amide bonds. The molecule has 31 heavy (non-hydrogen) atoms. The summed E-state index contributed by atoms with van der Waals surface area (Å²) in [5, 5.41) is 3.87. The maximum atomic E-state index is 12.3. The van der Waals surface area contributed by atoms with Crippen LogP contribution in [0.1, 0.15) is 31.0 Å². The first-order valence-corrected chi connectivity index (χ1v) is 10.7. The summed E-state index contributed by atoms with van der Waals surface area (Å²) in [6.45, 7) is 5.26. The third-order valence-electron chi connectivity index (χ3n) is 5.86. The molecule has 1 N–H and O–H groups in total. The van der Waals surface area contributed by atoms with Crippen molar-refractivity contribution in [1.29, 1.82) is 0 Å². The lowest BCUT2D eigenvalue weighted by molar-refractivity contribution is -0.133. The SMILES string of the molecule is CCCCc1cc(C)c(-c2cc3cnc(NC(=O)C4COC4)cc3n3ccnc23)cn1. The van der Waals surface area contributed by atoms with Crippen molar-refractivity contribution in [2.45, 2.75) is 33.1 Å². The third-order valence-corrected chi connectivity index (χ3v) is 5.86. The standard InChI is InChI=1S/C24H25N5O2/c1-3-4-5-18-8-15(2)20(12-26-18)19-9-16-11-27-22(28-24(30)17-13-31-14-17)10-21(16)29-7-6-25-23(19)29/h6-12,17H,3-5,13-14H2,1-2H3,(H,27,28,30). The Morgan fingerprint density at radius 3 is 2.77 bits per heavy atom. The van der Waals surface area contributed by atoms with Gasteiger partial charge in [-0.05, 0) is 37.5 Å². The first-order chi connectivity index (χ1) is 15.1. The fourth-order valence-electron chi connectivity index (χ4n) is 3.97. The Kier molecular flexibility index (Phi) is 5.11. The number of nitrogens with one attached hydrogen (secondary N) is 1. The number of imidazole rings is 1. The van der Waals surface area contributed by atoms with Gasteiger partial charge in [0, 0.05) is 53.1 Å². The summed E-state index contributed by atoms with van der Waals surface area (Å²) < 4.78 is 7.14. The summed E-state index contributed by atoms with van der Waals surface area (Å²) in [4.78, 5) is 26.0. The fourth-order valence-corrected chi connectivity index (χ4v) is 3.97. The number of carbonyl (C=O) groups excluding carboxylic acids is 1. The topological polar surface area (TPSA) is 81.4 Å². The third kappa shape index (κ3) is 3.65. The largest absolute Gasteiger partial charge is 0.380 e. The monoisotopic (exact) mass is 415 g/mol. The molecular weight excluding hydrogens is 390 g/mol. The lowest BCUT2D eigenvalue weighted by atomic mass is 10.0. The van der Waals surface area contributed by atoms with Crippen molar-refractivity contribution in [3.05, 3.63) is 54.2 Å². The number of aryl methyl sites for hydroxylation is 2. The van der Waals surface area contributed by atoms with Gasteiger partial charge in [0.05, 0.1) is 24.6 Å². The molecule has 4 aromatic heterocycles. The summed E-state index contributed by atoms with van der Waals surface area (Å²) in [6.07, 6.45) is 10.8. The number of anilines is 1. The predicted octanol–water partition coefficient (Wildman–Crippen LogP) is 4.18. The van der Waals surface area contributed by atoms with Crippen LogP contribution in [0.15, 0.2) is 43.0 Å². The molecular formula is C24H25N5O2. The second-order valence-electron chi connectivity index (χ2n) is 8.12. The number of unbranched alkanes of at least 4 members (excludes halogenated alkanes) is 1. The number of carbonyl (C=O) groups is 1. The van der Waals surface area contributed by atoms with Crippen molar-refractivity contribution in [1.82, 2.24) is 19.4 Å². The average molecular weight is 415 g/mol. The number of nitrogens with zero attached hydrogens (tertiary/aromatic N) is 4. The number of fused-ring (bicyclic) bond motifs is 3. The Balaban J connectivity index is 1.55. The molecule has 0 spiro atoms. The molecule has 1 aliphatic rings. The van der Waals surface area contributed by atoms with E-state index in [4.69, 9.17) is 9.72 Å². The van der Waals surface area contributed by atoms with Crippen molar-refractivity contribution < 1.29 is 9.53 Å². The van der Waals surface area contributed by atoms with Gasteiger partial charge in [0.1, 0.15) is 11.5 Å². The molecule has 0 radical (unpaired) electrons. The normalized spacial score (nSPS) is 14.1. The van der Waals surface area contributed by atoms with Crippen LogP contribution >= 0.6 is 0 Å². The number of hydrogen-bond acceptors (Lipinski definition) is 5. The van der Waals surface area contributed by atoms with Crippen LogP contribution in [0.4, 0.5) is 5.82 Å². The number of rotatable bonds is 6. The van der Waals surface area contributed by atoms with E-state index in [1.165, 1.54) is 5.56 Å². The van der Waals surface area contributed by atoms with Crippen LogP contribution in [-0.2, 0) is 16.0 Å². The molecule has 0 atom stereocenters. The van der Waals surface area contributed by atoms with Crippen LogP contribution in [0.5, 0.6) is 0 Å². The van der Waals surface area contributed by atoms with Crippen LogP contribution < -0.4 is 5.32 Å². The molecule has 0 aliphatic carbocycles. The maximum absolute atomic E-state index is 12.3. The minimum Gasteiger partial charge on any atom is -0.380 e. The van der Waals surface area contributed by atoms with Crippen molar-refractivity contribution in [3.8, 4) is 11.1 Å². The lowest BCUT2D eigenvalue weighted by Gasteiger charge is -2.24. The van der Waals surface area contributed by atoms with Gasteiger partial charge in [0.15, 0.2) is 0 Å². The van der Waals surface area contributed by atoms with Gasteiger partial charge in [0.2, 0.25) is 5.91 Å². The zero-order chi connectivity index (χ0) is 21.4. The highest BCUT2D eigenvalue weighted by atomic mass is 16.5. The minimum absolute atomic E-state index is 0.0542. The van der Waals surface area contributed by atoms with E-state index >= 15 is 0 Å². The molecule has 7 heteroatoms. The van der Waals surface area contributed by atoms with Crippen LogP contribution in [0.25, 0.3) is 27.7 Å². The summed E-state index contributed by atoms with van der Waals surface area (Å²) in [6, 6.07) is 6.17. The Morgan fingerprint density at radius 1 is 1.16 bits per heavy atom. The van der Waals surface area contributed by atoms with Gasteiger partial charge < -0.3 is 10.1 Å². The maximum Gasteiger partial charge on any atom is 0.233 e. The van der Waals surface area contributed by atoms with E-state index in [2.05, 4.69) is 41.3 Å². The van der Waals surface area contributed by atoms with E-state index < -0.39 is 0 Å². The number of aromatic nitrogens is 4. The van der Waals surface area contributed by atoms with Gasteiger partial charge in [-0.15, -0.1) is 0 Å². The van der Waals surface area contributed by atoms with E-state index in [0.29, 0.717) is 19.0 Å². The van der Waals surface area contributed by atoms with Crippen molar-refractivity contribution in [3.63, 3.8) is 0 Å². The zero-order valence-corrected chi connectivity index (χ0v) is 17.8. The van der Waals surface area contributed by atoms with Crippen molar-refractivity contribution in [2.75, 3.05) is 18.5 Å². The van der Waals surface area contributed by atoms with Gasteiger partial charge in [-0.25, -0.2) is 9.97 Å². The molecule has 158 valence electrons. The lowest BCUT2D eigenvalue weighted by Crippen LogP contribution is -2.38. The van der Waals surface area contributed by atoms with E-state index in [-0.39, 0.29) is 11.8 Å².